The summed E-state index contributed by atoms with van der Waals surface area (Å²) in [5.41, 5.74) is 3.59. The zero-order valence-corrected chi connectivity index (χ0v) is 13.2. The lowest BCUT2D eigenvalue weighted by molar-refractivity contribution is -0.131. The minimum absolute atomic E-state index is 0.291. The molecule has 0 spiro atoms. The van der Waals surface area contributed by atoms with Gasteiger partial charge >= 0.3 is 6.03 Å². The molecule has 4 N–H and O–H groups in total. The molecule has 2 rings (SSSR count). The number of urea groups is 1. The van der Waals surface area contributed by atoms with Crippen molar-refractivity contribution in [2.45, 2.75) is 18.9 Å². The van der Waals surface area contributed by atoms with Crippen LogP contribution in [0.1, 0.15) is 11.1 Å². The largest absolute Gasteiger partial charge is 0.338 e. The van der Waals surface area contributed by atoms with Crippen LogP contribution in [0, 0.1) is 0 Å². The van der Waals surface area contributed by atoms with E-state index in [0.717, 1.165) is 11.1 Å². The van der Waals surface area contributed by atoms with E-state index in [1.165, 1.54) is 0 Å². The van der Waals surface area contributed by atoms with E-state index in [1.807, 2.05) is 60.7 Å². The fraction of sp³-hybridized carbons (Fsp3) is 0.222. The van der Waals surface area contributed by atoms with Crippen LogP contribution in [0.2, 0.25) is 0 Å². The molecule has 6 heteroatoms. The van der Waals surface area contributed by atoms with Gasteiger partial charge in [-0.1, -0.05) is 60.7 Å². The molecule has 0 aromatic heterocycles. The van der Waals surface area contributed by atoms with Gasteiger partial charge in [-0.2, -0.15) is 0 Å². The molecule has 6 nitrogen and oxygen atoms in total. The minimum atomic E-state index is -0.853. The van der Waals surface area contributed by atoms with Gasteiger partial charge in [-0.25, -0.2) is 10.3 Å². The number of hydroxylamine groups is 1. The Balaban J connectivity index is 1.84. The number of carbonyl (C=O) groups excluding carboxylic acids is 2. The van der Waals surface area contributed by atoms with Gasteiger partial charge < -0.3 is 10.6 Å². The molecule has 1 atom stereocenters. The Morgan fingerprint density at radius 3 is 2.08 bits per heavy atom. The van der Waals surface area contributed by atoms with E-state index in [2.05, 4.69) is 10.6 Å². The third-order valence-electron chi connectivity index (χ3n) is 3.56. The third kappa shape index (κ3) is 5.73. The Morgan fingerprint density at radius 2 is 1.50 bits per heavy atom. The second-order valence-electron chi connectivity index (χ2n) is 5.35. The van der Waals surface area contributed by atoms with Crippen LogP contribution in [-0.2, 0) is 17.6 Å². The van der Waals surface area contributed by atoms with Gasteiger partial charge in [0, 0.05) is 13.0 Å². The third-order valence-corrected chi connectivity index (χ3v) is 3.56. The van der Waals surface area contributed by atoms with Crippen molar-refractivity contribution in [2.24, 2.45) is 0 Å². The van der Waals surface area contributed by atoms with Crippen LogP contribution in [0.25, 0.3) is 0 Å². The predicted molar refractivity (Wildman–Crippen MR) is 90.5 cm³/mol. The van der Waals surface area contributed by atoms with Crippen molar-refractivity contribution < 1.29 is 14.8 Å². The minimum Gasteiger partial charge on any atom is -0.338 e. The summed E-state index contributed by atoms with van der Waals surface area (Å²) in [7, 11) is 0. The lowest BCUT2D eigenvalue weighted by Crippen LogP contribution is -2.50. The topological polar surface area (TPSA) is 90.5 Å². The van der Waals surface area contributed by atoms with Crippen LogP contribution in [0.4, 0.5) is 4.79 Å². The summed E-state index contributed by atoms with van der Waals surface area (Å²) in [4.78, 5) is 23.7. The molecule has 0 heterocycles. The summed E-state index contributed by atoms with van der Waals surface area (Å²) >= 11 is 0. The Bertz CT molecular complexity index is 647. The molecule has 0 saturated carbocycles. The van der Waals surface area contributed by atoms with Crippen molar-refractivity contribution in [3.63, 3.8) is 0 Å². The lowest BCUT2D eigenvalue weighted by atomic mass is 10.1. The lowest BCUT2D eigenvalue weighted by Gasteiger charge is -2.17. The van der Waals surface area contributed by atoms with Gasteiger partial charge in [-0.05, 0) is 17.5 Å². The maximum Gasteiger partial charge on any atom is 0.315 e. The van der Waals surface area contributed by atoms with E-state index < -0.39 is 18.0 Å². The van der Waals surface area contributed by atoms with Gasteiger partial charge in [-0.15, -0.1) is 0 Å². The van der Waals surface area contributed by atoms with E-state index in [4.69, 9.17) is 5.21 Å². The Kier molecular flexibility index (Phi) is 6.79. The summed E-state index contributed by atoms with van der Waals surface area (Å²) in [5.74, 6) is -0.655. The van der Waals surface area contributed by atoms with Crippen LogP contribution >= 0.6 is 0 Å². The average molecular weight is 327 g/mol. The smallest absolute Gasteiger partial charge is 0.315 e. The zero-order valence-electron chi connectivity index (χ0n) is 13.2. The number of benzene rings is 2. The van der Waals surface area contributed by atoms with E-state index in [1.54, 1.807) is 5.48 Å². The molecule has 0 aliphatic carbocycles. The molecular formula is C18H21N3O3. The summed E-state index contributed by atoms with van der Waals surface area (Å²) in [6.45, 7) is 0.453. The Labute approximate surface area is 140 Å². The number of carbonyl (C=O) groups is 2. The summed E-state index contributed by atoms with van der Waals surface area (Å²) in [5, 5.41) is 14.1. The number of hydrogen-bond donors (Lipinski definition) is 4. The van der Waals surface area contributed by atoms with Crippen LogP contribution in [0.3, 0.4) is 0 Å². The summed E-state index contributed by atoms with van der Waals surface area (Å²) < 4.78 is 0. The van der Waals surface area contributed by atoms with Crippen molar-refractivity contribution in [3.05, 3.63) is 71.8 Å². The number of rotatable bonds is 7. The normalized spacial score (nSPS) is 11.4. The monoisotopic (exact) mass is 327 g/mol. The van der Waals surface area contributed by atoms with Gasteiger partial charge in [0.25, 0.3) is 5.91 Å². The Hall–Kier alpha value is -2.86. The molecular weight excluding hydrogens is 306 g/mol. The van der Waals surface area contributed by atoms with E-state index in [9.17, 15) is 9.59 Å². The van der Waals surface area contributed by atoms with E-state index >= 15 is 0 Å². The molecule has 2 aromatic rings. The highest BCUT2D eigenvalue weighted by Crippen LogP contribution is 2.03. The molecule has 0 fully saturated rings. The second kappa shape index (κ2) is 9.32. The predicted octanol–water partition coefficient (Wildman–Crippen LogP) is 1.64. The van der Waals surface area contributed by atoms with E-state index in [0.29, 0.717) is 19.4 Å². The highest BCUT2D eigenvalue weighted by molar-refractivity contribution is 5.86. The first-order chi connectivity index (χ1) is 11.7. The second-order valence-corrected chi connectivity index (χ2v) is 5.35. The van der Waals surface area contributed by atoms with Gasteiger partial charge in [0.1, 0.15) is 6.04 Å². The van der Waals surface area contributed by atoms with Crippen LogP contribution in [-0.4, -0.2) is 29.7 Å². The van der Waals surface area contributed by atoms with Crippen LogP contribution in [0.15, 0.2) is 60.7 Å². The molecule has 2 aromatic carbocycles. The van der Waals surface area contributed by atoms with Crippen molar-refractivity contribution in [2.75, 3.05) is 6.54 Å². The standard InChI is InChI=1S/C18H21N3O3/c22-17(21-24)16(13-15-9-5-2-6-10-15)20-18(23)19-12-11-14-7-3-1-4-8-14/h1-10,16,24H,11-13H2,(H,21,22)(H2,19,20,23)/t16-/m0/s1. The first-order valence-electron chi connectivity index (χ1n) is 7.75. The molecule has 0 radical (unpaired) electrons. The quantitative estimate of drug-likeness (QED) is 0.460. The maximum atomic E-state index is 12.0. The zero-order chi connectivity index (χ0) is 17.2. The van der Waals surface area contributed by atoms with Crippen LogP contribution < -0.4 is 16.1 Å². The molecule has 0 saturated heterocycles. The van der Waals surface area contributed by atoms with Crippen molar-refractivity contribution in [1.29, 1.82) is 0 Å². The first-order valence-corrected chi connectivity index (χ1v) is 7.75. The van der Waals surface area contributed by atoms with Crippen molar-refractivity contribution in [3.8, 4) is 0 Å². The van der Waals surface area contributed by atoms with Gasteiger partial charge in [-0.3, -0.25) is 10.0 Å². The SMILES string of the molecule is O=C(NCCc1ccccc1)N[C@@H](Cc1ccccc1)C(=O)NO. The fourth-order valence-corrected chi connectivity index (χ4v) is 2.31. The summed E-state index contributed by atoms with van der Waals surface area (Å²) in [6.07, 6.45) is 0.989. The fourth-order valence-electron chi connectivity index (χ4n) is 2.31. The van der Waals surface area contributed by atoms with Gasteiger partial charge in [0.15, 0.2) is 0 Å². The summed E-state index contributed by atoms with van der Waals surface area (Å²) in [6, 6.07) is 17.8. The molecule has 0 unspecified atom stereocenters. The first kappa shape index (κ1) is 17.5. The molecule has 0 aliphatic rings. The molecule has 3 amide bonds. The molecule has 24 heavy (non-hydrogen) atoms. The molecule has 0 aliphatic heterocycles. The van der Waals surface area contributed by atoms with Crippen molar-refractivity contribution >= 4 is 11.9 Å². The van der Waals surface area contributed by atoms with Gasteiger partial charge in [0.05, 0.1) is 0 Å². The van der Waals surface area contributed by atoms with Crippen LogP contribution in [0.5, 0.6) is 0 Å². The highest BCUT2D eigenvalue weighted by Gasteiger charge is 2.20. The molecule has 0 bridgehead atoms. The number of nitrogens with one attached hydrogen (secondary N) is 3. The van der Waals surface area contributed by atoms with Gasteiger partial charge in [0.2, 0.25) is 0 Å². The number of hydrogen-bond acceptors (Lipinski definition) is 3. The number of amides is 3. The Morgan fingerprint density at radius 1 is 0.917 bits per heavy atom. The van der Waals surface area contributed by atoms with Crippen molar-refractivity contribution in [1.82, 2.24) is 16.1 Å². The molecule has 126 valence electrons. The highest BCUT2D eigenvalue weighted by atomic mass is 16.5. The average Bonchev–Trinajstić information content (AvgIpc) is 2.62. The maximum absolute atomic E-state index is 12.0. The van der Waals surface area contributed by atoms with E-state index in [-0.39, 0.29) is 0 Å².